The first-order chi connectivity index (χ1) is 8.92. The Bertz CT molecular complexity index is 328. The van der Waals surface area contributed by atoms with E-state index in [0.29, 0.717) is 0 Å². The summed E-state index contributed by atoms with van der Waals surface area (Å²) >= 11 is 0. The molecular weight excluding hydrogens is 236 g/mol. The summed E-state index contributed by atoms with van der Waals surface area (Å²) in [5, 5.41) is 3.44. The molecule has 0 amide bonds. The highest BCUT2D eigenvalue weighted by Crippen LogP contribution is 2.39. The second-order valence-electron chi connectivity index (χ2n) is 7.16. The topological polar surface area (TPSA) is 24.5 Å². The Balaban J connectivity index is 2.02. The lowest BCUT2D eigenvalue weighted by molar-refractivity contribution is 0.0648. The lowest BCUT2D eigenvalue weighted by Gasteiger charge is -2.46. The molecule has 0 bridgehead atoms. The molecule has 0 unspecified atom stereocenters. The van der Waals surface area contributed by atoms with Crippen LogP contribution >= 0.6 is 0 Å². The van der Waals surface area contributed by atoms with Gasteiger partial charge in [0.2, 0.25) is 0 Å². The number of piperazine rings is 1. The molecular formula is C16H30N2O. The normalized spacial score (nSPS) is 23.3. The first-order valence-corrected chi connectivity index (χ1v) is 7.65. The van der Waals surface area contributed by atoms with Crippen molar-refractivity contribution in [2.75, 3.05) is 39.4 Å². The van der Waals surface area contributed by atoms with E-state index in [-0.39, 0.29) is 11.0 Å². The van der Waals surface area contributed by atoms with E-state index in [1.165, 1.54) is 19.5 Å². The Hall–Kier alpha value is -0.380. The van der Waals surface area contributed by atoms with Gasteiger partial charge >= 0.3 is 0 Å². The van der Waals surface area contributed by atoms with Crippen molar-refractivity contribution in [2.24, 2.45) is 5.41 Å². The average Bonchev–Trinajstić information content (AvgIpc) is 2.40. The second kappa shape index (κ2) is 5.94. The fraction of sp³-hybridized carbons (Fsp3) is 0.875. The molecule has 0 aromatic carbocycles. The van der Waals surface area contributed by atoms with Crippen LogP contribution in [0.15, 0.2) is 11.6 Å². The molecule has 110 valence electrons. The summed E-state index contributed by atoms with van der Waals surface area (Å²) in [6.07, 6.45) is 4.62. The summed E-state index contributed by atoms with van der Waals surface area (Å²) in [7, 11) is 0. The summed E-state index contributed by atoms with van der Waals surface area (Å²) in [5.41, 5.74) is 2.13. The van der Waals surface area contributed by atoms with Gasteiger partial charge in [-0.2, -0.15) is 0 Å². The Kier molecular flexibility index (Phi) is 4.70. The van der Waals surface area contributed by atoms with E-state index < -0.39 is 0 Å². The number of hydrogen-bond acceptors (Lipinski definition) is 3. The highest BCUT2D eigenvalue weighted by atomic mass is 16.5. The van der Waals surface area contributed by atoms with Gasteiger partial charge in [0, 0.05) is 31.7 Å². The number of rotatable bonds is 4. The quantitative estimate of drug-likeness (QED) is 0.791. The summed E-state index contributed by atoms with van der Waals surface area (Å²) in [4.78, 5) is 2.64. The molecule has 3 nitrogen and oxygen atoms in total. The third-order valence-corrected chi connectivity index (χ3v) is 4.68. The molecule has 2 rings (SSSR count). The molecule has 0 aromatic rings. The first kappa shape index (κ1) is 15.0. The molecule has 2 aliphatic heterocycles. The molecule has 0 saturated carbocycles. The molecule has 0 atom stereocenters. The van der Waals surface area contributed by atoms with Crippen LogP contribution in [0, 0.1) is 5.41 Å². The summed E-state index contributed by atoms with van der Waals surface area (Å²) in [5.74, 6) is 0. The van der Waals surface area contributed by atoms with E-state index in [2.05, 4.69) is 44.0 Å². The lowest BCUT2D eigenvalue weighted by Crippen LogP contribution is -2.54. The van der Waals surface area contributed by atoms with Crippen LogP contribution in [0.5, 0.6) is 0 Å². The van der Waals surface area contributed by atoms with Crippen LogP contribution in [-0.4, -0.2) is 49.8 Å². The predicted octanol–water partition coefficient (Wildman–Crippen LogP) is 2.43. The maximum atomic E-state index is 5.45. The van der Waals surface area contributed by atoms with Crippen LogP contribution in [0.1, 0.15) is 40.5 Å². The zero-order chi connectivity index (χ0) is 13.9. The van der Waals surface area contributed by atoms with Gasteiger partial charge in [-0.15, -0.1) is 0 Å². The Labute approximate surface area is 118 Å². The van der Waals surface area contributed by atoms with E-state index in [0.717, 1.165) is 32.7 Å². The highest BCUT2D eigenvalue weighted by molar-refractivity contribution is 5.15. The van der Waals surface area contributed by atoms with Crippen LogP contribution in [-0.2, 0) is 4.74 Å². The van der Waals surface area contributed by atoms with Crippen molar-refractivity contribution in [1.82, 2.24) is 10.2 Å². The highest BCUT2D eigenvalue weighted by Gasteiger charge is 2.36. The average molecular weight is 266 g/mol. The predicted molar refractivity (Wildman–Crippen MR) is 80.4 cm³/mol. The van der Waals surface area contributed by atoms with Crippen molar-refractivity contribution in [2.45, 2.75) is 46.1 Å². The Morgan fingerprint density at radius 3 is 2.47 bits per heavy atom. The van der Waals surface area contributed by atoms with E-state index in [9.17, 15) is 0 Å². The summed E-state index contributed by atoms with van der Waals surface area (Å²) in [6, 6.07) is 0. The van der Waals surface area contributed by atoms with Gasteiger partial charge in [-0.25, -0.2) is 0 Å². The van der Waals surface area contributed by atoms with Gasteiger partial charge in [0.25, 0.3) is 0 Å². The molecule has 1 saturated heterocycles. The third kappa shape index (κ3) is 3.80. The van der Waals surface area contributed by atoms with Crippen LogP contribution in [0.3, 0.4) is 0 Å². The number of nitrogens with one attached hydrogen (secondary N) is 1. The van der Waals surface area contributed by atoms with Crippen molar-refractivity contribution in [3.8, 4) is 0 Å². The monoisotopic (exact) mass is 266 g/mol. The molecule has 2 aliphatic rings. The summed E-state index contributed by atoms with van der Waals surface area (Å²) < 4.78 is 5.45. The first-order valence-electron chi connectivity index (χ1n) is 7.65. The fourth-order valence-corrected chi connectivity index (χ4v) is 3.72. The minimum absolute atomic E-state index is 0.269. The maximum Gasteiger partial charge on any atom is 0.0650 e. The van der Waals surface area contributed by atoms with Crippen molar-refractivity contribution < 1.29 is 4.74 Å². The molecule has 2 heterocycles. The molecule has 3 heteroatoms. The lowest BCUT2D eigenvalue weighted by atomic mass is 9.72. The van der Waals surface area contributed by atoms with Gasteiger partial charge < -0.3 is 10.1 Å². The van der Waals surface area contributed by atoms with Gasteiger partial charge in [-0.1, -0.05) is 25.5 Å². The van der Waals surface area contributed by atoms with Gasteiger partial charge in [0.05, 0.1) is 13.2 Å². The molecule has 0 aromatic heterocycles. The Morgan fingerprint density at radius 2 is 1.89 bits per heavy atom. The third-order valence-electron chi connectivity index (χ3n) is 4.68. The van der Waals surface area contributed by atoms with E-state index >= 15 is 0 Å². The molecule has 19 heavy (non-hydrogen) atoms. The van der Waals surface area contributed by atoms with E-state index in [1.807, 2.05) is 0 Å². The van der Waals surface area contributed by atoms with Crippen LogP contribution in [0.4, 0.5) is 0 Å². The van der Waals surface area contributed by atoms with Crippen molar-refractivity contribution in [1.29, 1.82) is 0 Å². The van der Waals surface area contributed by atoms with Crippen molar-refractivity contribution in [3.05, 3.63) is 11.6 Å². The van der Waals surface area contributed by atoms with Crippen LogP contribution in [0.2, 0.25) is 0 Å². The summed E-state index contributed by atoms with van der Waals surface area (Å²) in [6.45, 7) is 15.9. The number of ether oxygens (including phenoxy) is 1. The minimum atomic E-state index is 0.269. The van der Waals surface area contributed by atoms with Gasteiger partial charge in [-0.05, 0) is 32.1 Å². The fourth-order valence-electron chi connectivity index (χ4n) is 3.72. The smallest absolute Gasteiger partial charge is 0.0650 e. The zero-order valence-electron chi connectivity index (χ0n) is 13.1. The molecule has 0 aliphatic carbocycles. The molecule has 1 N–H and O–H groups in total. The van der Waals surface area contributed by atoms with E-state index in [1.54, 1.807) is 5.57 Å². The van der Waals surface area contributed by atoms with E-state index in [4.69, 9.17) is 4.74 Å². The zero-order valence-corrected chi connectivity index (χ0v) is 13.1. The standard InChI is InChI=1S/C16H30N2O/c1-15(2,14-5-11-19-12-6-14)13-16(3,4)18-9-7-17-8-10-18/h5,17H,6-13H2,1-4H3. The maximum absolute atomic E-state index is 5.45. The second-order valence-corrected chi connectivity index (χ2v) is 7.16. The van der Waals surface area contributed by atoms with Gasteiger partial charge in [-0.3, -0.25) is 4.90 Å². The molecule has 0 spiro atoms. The van der Waals surface area contributed by atoms with Gasteiger partial charge in [0.1, 0.15) is 0 Å². The molecule has 0 radical (unpaired) electrons. The van der Waals surface area contributed by atoms with Crippen LogP contribution < -0.4 is 5.32 Å². The van der Waals surface area contributed by atoms with Crippen molar-refractivity contribution >= 4 is 0 Å². The SMILES string of the molecule is CC(C)(CC(C)(C)N1CCNCC1)C1=CCOCC1. The minimum Gasteiger partial charge on any atom is -0.377 e. The number of nitrogens with zero attached hydrogens (tertiary/aromatic N) is 1. The van der Waals surface area contributed by atoms with Crippen LogP contribution in [0.25, 0.3) is 0 Å². The van der Waals surface area contributed by atoms with Crippen molar-refractivity contribution in [3.63, 3.8) is 0 Å². The largest absolute Gasteiger partial charge is 0.377 e. The molecule has 1 fully saturated rings. The number of hydrogen-bond donors (Lipinski definition) is 1. The van der Waals surface area contributed by atoms with Gasteiger partial charge in [0.15, 0.2) is 0 Å². The Morgan fingerprint density at radius 1 is 1.21 bits per heavy atom.